The van der Waals surface area contributed by atoms with Crippen LogP contribution in [0.4, 0.5) is 0 Å². The Balaban J connectivity index is 0.00000324. The highest BCUT2D eigenvalue weighted by Crippen LogP contribution is 2.44. The smallest absolute Gasteiger partial charge is 0.343 e. The van der Waals surface area contributed by atoms with Gasteiger partial charge in [-0.05, 0) is 65.4 Å². The molecule has 1 aliphatic heterocycles. The number of fused-ring (bicyclic) bond motifs is 3. The van der Waals surface area contributed by atoms with Crippen LogP contribution in [0.2, 0.25) is 0 Å². The maximum atomic E-state index is 12.9. The van der Waals surface area contributed by atoms with E-state index in [1.54, 1.807) is 19.2 Å². The molecule has 0 amide bonds. The van der Waals surface area contributed by atoms with Crippen molar-refractivity contribution < 1.29 is 14.3 Å². The zero-order chi connectivity index (χ0) is 23.8. The van der Waals surface area contributed by atoms with Crippen LogP contribution < -0.4 is 16.3 Å². The normalized spacial score (nSPS) is 16.3. The largest absolute Gasteiger partial charge is 0.488 e. The van der Waals surface area contributed by atoms with Crippen molar-refractivity contribution in [1.29, 1.82) is 0 Å². The lowest BCUT2D eigenvalue weighted by Gasteiger charge is -2.43. The van der Waals surface area contributed by atoms with Gasteiger partial charge in [0.2, 0.25) is 0 Å². The number of hydrogen-bond acceptors (Lipinski definition) is 5. The van der Waals surface area contributed by atoms with Gasteiger partial charge in [0.05, 0.1) is 16.8 Å². The molecule has 1 atom stereocenters. The molecule has 4 rings (SSSR count). The van der Waals surface area contributed by atoms with E-state index in [9.17, 15) is 9.59 Å². The molecule has 6 nitrogen and oxygen atoms in total. The molecule has 1 aliphatic rings. The maximum Gasteiger partial charge on any atom is 0.343 e. The second kappa shape index (κ2) is 10.2. The van der Waals surface area contributed by atoms with Crippen molar-refractivity contribution in [3.8, 4) is 17.0 Å². The number of pyridine rings is 1. The fourth-order valence-electron chi connectivity index (χ4n) is 4.31. The van der Waals surface area contributed by atoms with Gasteiger partial charge in [-0.1, -0.05) is 44.2 Å². The van der Waals surface area contributed by atoms with E-state index in [2.05, 4.69) is 47.3 Å². The average molecular weight is 527 g/mol. The standard InChI is InChI=1S/C27H28BrNO4.H3N/c1-5-32-26(31)21-15-29-23(13-24(21)30)20-12-22(28)25(33-16-18-9-7-6-8-10-18)11-19(20)14-27(29,4)17(2)3;/h6-13,15,17H,5,14,16H2,1-4H3;1H3. The van der Waals surface area contributed by atoms with Crippen molar-refractivity contribution in [3.63, 3.8) is 0 Å². The van der Waals surface area contributed by atoms with Crippen molar-refractivity contribution in [2.24, 2.45) is 5.92 Å². The van der Waals surface area contributed by atoms with E-state index >= 15 is 0 Å². The number of rotatable bonds is 6. The minimum atomic E-state index is -0.583. The van der Waals surface area contributed by atoms with Gasteiger partial charge in [-0.3, -0.25) is 4.79 Å². The number of ether oxygens (including phenoxy) is 2. The monoisotopic (exact) mass is 526 g/mol. The molecule has 0 bridgehead atoms. The number of halogens is 1. The first-order chi connectivity index (χ1) is 15.7. The third kappa shape index (κ3) is 4.68. The number of esters is 1. The van der Waals surface area contributed by atoms with Crippen molar-refractivity contribution >= 4 is 21.9 Å². The number of benzene rings is 2. The molecule has 1 aromatic heterocycles. The van der Waals surface area contributed by atoms with Crippen LogP contribution in [0.3, 0.4) is 0 Å². The predicted molar refractivity (Wildman–Crippen MR) is 138 cm³/mol. The molecule has 0 fully saturated rings. The Hall–Kier alpha value is -2.90. The summed E-state index contributed by atoms with van der Waals surface area (Å²) in [7, 11) is 0. The number of aromatic nitrogens is 1. The van der Waals surface area contributed by atoms with E-state index in [0.29, 0.717) is 6.61 Å². The van der Waals surface area contributed by atoms with Crippen molar-refractivity contribution in [1.82, 2.24) is 10.7 Å². The molecule has 1 unspecified atom stereocenters. The molecule has 3 aromatic rings. The third-order valence-electron chi connectivity index (χ3n) is 6.56. The Bertz CT molecular complexity index is 1250. The summed E-state index contributed by atoms with van der Waals surface area (Å²) in [5, 5.41) is 0. The molecule has 7 heteroatoms. The molecule has 0 spiro atoms. The molecule has 2 heterocycles. The topological polar surface area (TPSA) is 92.5 Å². The summed E-state index contributed by atoms with van der Waals surface area (Å²) in [4.78, 5) is 25.3. The first kappa shape index (κ1) is 25.7. The number of carbonyl (C=O) groups excluding carboxylic acids is 1. The minimum Gasteiger partial charge on any atom is -0.488 e. The SMILES string of the molecule is CCOC(=O)c1cn2c(cc1=O)-c1cc(Br)c(OCc3ccccc3)cc1CC2(C)C(C)C.N. The highest BCUT2D eigenvalue weighted by molar-refractivity contribution is 9.10. The Morgan fingerprint density at radius 2 is 1.88 bits per heavy atom. The molecule has 2 aromatic carbocycles. The van der Waals surface area contributed by atoms with Crippen LogP contribution in [0, 0.1) is 5.92 Å². The summed E-state index contributed by atoms with van der Waals surface area (Å²) in [6.07, 6.45) is 2.42. The Morgan fingerprint density at radius 3 is 2.53 bits per heavy atom. The first-order valence-corrected chi connectivity index (χ1v) is 12.0. The molecular weight excluding hydrogens is 496 g/mol. The van der Waals surface area contributed by atoms with Gasteiger partial charge in [-0.25, -0.2) is 4.79 Å². The molecule has 3 N–H and O–H groups in total. The average Bonchev–Trinajstić information content (AvgIpc) is 2.79. The van der Waals surface area contributed by atoms with Crippen LogP contribution in [0.1, 0.15) is 49.2 Å². The van der Waals surface area contributed by atoms with Gasteiger partial charge in [0, 0.05) is 23.4 Å². The van der Waals surface area contributed by atoms with Crippen molar-refractivity contribution in [2.75, 3.05) is 6.61 Å². The Morgan fingerprint density at radius 1 is 1.18 bits per heavy atom. The van der Waals surface area contributed by atoms with Crippen molar-refractivity contribution in [3.05, 3.63) is 86.1 Å². The quantitative estimate of drug-likeness (QED) is 0.390. The molecule has 0 aliphatic carbocycles. The lowest BCUT2D eigenvalue weighted by molar-refractivity contribution is 0.0522. The Labute approximate surface area is 208 Å². The van der Waals surface area contributed by atoms with E-state index in [0.717, 1.165) is 39.0 Å². The van der Waals surface area contributed by atoms with Crippen LogP contribution in [-0.4, -0.2) is 17.1 Å². The molecule has 0 radical (unpaired) electrons. The number of hydrogen-bond donors (Lipinski definition) is 1. The van der Waals surface area contributed by atoms with Crippen LogP contribution in [0.25, 0.3) is 11.3 Å². The molecular formula is C27H31BrN2O4. The highest BCUT2D eigenvalue weighted by Gasteiger charge is 2.38. The number of carbonyl (C=O) groups is 1. The fraction of sp³-hybridized carbons (Fsp3) is 0.333. The van der Waals surface area contributed by atoms with Gasteiger partial charge in [-0.2, -0.15) is 0 Å². The Kier molecular flexibility index (Phi) is 7.68. The maximum absolute atomic E-state index is 12.9. The fourth-order valence-corrected chi connectivity index (χ4v) is 4.76. The summed E-state index contributed by atoms with van der Waals surface area (Å²) in [5.74, 6) is 0.433. The second-order valence-electron chi connectivity index (χ2n) is 8.93. The van der Waals surface area contributed by atoms with E-state index in [1.165, 1.54) is 0 Å². The zero-order valence-corrected chi connectivity index (χ0v) is 21.6. The second-order valence-corrected chi connectivity index (χ2v) is 9.78. The van der Waals surface area contributed by atoms with Gasteiger partial charge in [0.1, 0.15) is 17.9 Å². The first-order valence-electron chi connectivity index (χ1n) is 11.2. The predicted octanol–water partition coefficient (Wildman–Crippen LogP) is 6.12. The highest BCUT2D eigenvalue weighted by atomic mass is 79.9. The lowest BCUT2D eigenvalue weighted by Crippen LogP contribution is -2.42. The van der Waals surface area contributed by atoms with E-state index < -0.39 is 5.97 Å². The molecule has 180 valence electrons. The van der Waals surface area contributed by atoms with Crippen molar-refractivity contribution in [2.45, 2.75) is 46.3 Å². The van der Waals surface area contributed by atoms with Gasteiger partial charge >= 0.3 is 5.97 Å². The number of nitrogens with zero attached hydrogens (tertiary/aromatic N) is 1. The van der Waals surface area contributed by atoms with Gasteiger partial charge in [0.25, 0.3) is 0 Å². The van der Waals surface area contributed by atoms with Gasteiger partial charge < -0.3 is 20.2 Å². The van der Waals surface area contributed by atoms with Crippen LogP contribution in [-0.2, 0) is 23.3 Å². The molecule has 0 saturated carbocycles. The summed E-state index contributed by atoms with van der Waals surface area (Å²) < 4.78 is 14.1. The van der Waals surface area contributed by atoms with Crippen LogP contribution in [0.5, 0.6) is 5.75 Å². The zero-order valence-electron chi connectivity index (χ0n) is 20.1. The third-order valence-corrected chi connectivity index (χ3v) is 7.18. The van der Waals surface area contributed by atoms with E-state index in [1.807, 2.05) is 36.4 Å². The molecule has 34 heavy (non-hydrogen) atoms. The summed E-state index contributed by atoms with van der Waals surface area (Å²) in [6.45, 7) is 8.90. The summed E-state index contributed by atoms with van der Waals surface area (Å²) in [6, 6.07) is 15.7. The van der Waals surface area contributed by atoms with Crippen LogP contribution >= 0.6 is 15.9 Å². The van der Waals surface area contributed by atoms with E-state index in [-0.39, 0.29) is 35.2 Å². The lowest BCUT2D eigenvalue weighted by atomic mass is 9.77. The van der Waals surface area contributed by atoms with Gasteiger partial charge in [0.15, 0.2) is 5.43 Å². The summed E-state index contributed by atoms with van der Waals surface area (Å²) in [5.41, 5.74) is 3.36. The van der Waals surface area contributed by atoms with Gasteiger partial charge in [-0.15, -0.1) is 0 Å². The minimum absolute atomic E-state index is 0. The van der Waals surface area contributed by atoms with Crippen LogP contribution in [0.15, 0.2) is 64.0 Å². The molecule has 0 saturated heterocycles. The summed E-state index contributed by atoms with van der Waals surface area (Å²) >= 11 is 3.65. The van der Waals surface area contributed by atoms with E-state index in [4.69, 9.17) is 9.47 Å².